The van der Waals surface area contributed by atoms with Gasteiger partial charge < -0.3 is 10.5 Å². The molecule has 1 aromatic heterocycles. The number of para-hydroxylation sites is 1. The van der Waals surface area contributed by atoms with E-state index in [0.29, 0.717) is 6.61 Å². The van der Waals surface area contributed by atoms with Crippen LogP contribution in [0.3, 0.4) is 0 Å². The topological polar surface area (TPSA) is 48.1 Å². The Morgan fingerprint density at radius 2 is 1.94 bits per heavy atom. The van der Waals surface area contributed by atoms with Gasteiger partial charge in [0.25, 0.3) is 0 Å². The van der Waals surface area contributed by atoms with Crippen LogP contribution in [0.5, 0.6) is 5.75 Å². The monoisotopic (exact) mass is 228 g/mol. The molecule has 1 aromatic carbocycles. The van der Waals surface area contributed by atoms with Gasteiger partial charge in [0.1, 0.15) is 5.75 Å². The summed E-state index contributed by atoms with van der Waals surface area (Å²) >= 11 is 0. The predicted molar refractivity (Wildman–Crippen MR) is 68.9 cm³/mol. The van der Waals surface area contributed by atoms with Gasteiger partial charge in [-0.15, -0.1) is 0 Å². The second-order valence-electron chi connectivity index (χ2n) is 3.84. The van der Waals surface area contributed by atoms with Crippen molar-refractivity contribution in [3.05, 3.63) is 54.4 Å². The number of aryl methyl sites for hydroxylation is 1. The van der Waals surface area contributed by atoms with Crippen LogP contribution in [-0.2, 0) is 6.42 Å². The Bertz CT molecular complexity index is 457. The van der Waals surface area contributed by atoms with Crippen LogP contribution in [0.2, 0.25) is 0 Å². The molecular formula is C14H16N2O. The molecule has 0 radical (unpaired) electrons. The Labute approximate surface area is 101 Å². The van der Waals surface area contributed by atoms with Crippen LogP contribution in [0.15, 0.2) is 48.8 Å². The minimum Gasteiger partial charge on any atom is -0.494 e. The maximum atomic E-state index is 5.83. The quantitative estimate of drug-likeness (QED) is 0.800. The standard InChI is InChI=1S/C14H16N2O/c15-14-8-9-16-11-12(14)5-4-10-17-13-6-2-1-3-7-13/h1-3,6-9,11H,4-5,10H2,(H2,15,16). The van der Waals surface area contributed by atoms with Gasteiger partial charge in [-0.25, -0.2) is 0 Å². The molecule has 1 heterocycles. The second-order valence-corrected chi connectivity index (χ2v) is 3.84. The first-order chi connectivity index (χ1) is 8.36. The lowest BCUT2D eigenvalue weighted by atomic mass is 10.1. The fourth-order valence-corrected chi connectivity index (χ4v) is 1.62. The summed E-state index contributed by atoms with van der Waals surface area (Å²) in [6, 6.07) is 11.6. The lowest BCUT2D eigenvalue weighted by Gasteiger charge is -2.07. The molecule has 0 aliphatic heterocycles. The zero-order valence-corrected chi connectivity index (χ0v) is 9.67. The molecule has 0 amide bonds. The third-order valence-corrected chi connectivity index (χ3v) is 2.54. The molecule has 0 saturated carbocycles. The van der Waals surface area contributed by atoms with Crippen LogP contribution in [0, 0.1) is 0 Å². The Balaban J connectivity index is 1.76. The van der Waals surface area contributed by atoms with Crippen LogP contribution >= 0.6 is 0 Å². The van der Waals surface area contributed by atoms with Gasteiger partial charge in [0.05, 0.1) is 6.61 Å². The molecule has 2 rings (SSSR count). The summed E-state index contributed by atoms with van der Waals surface area (Å²) in [5, 5.41) is 0. The SMILES string of the molecule is Nc1ccncc1CCCOc1ccccc1. The van der Waals surface area contributed by atoms with Crippen molar-refractivity contribution < 1.29 is 4.74 Å². The molecule has 0 atom stereocenters. The summed E-state index contributed by atoms with van der Waals surface area (Å²) in [5.41, 5.74) is 7.73. The first-order valence-electron chi connectivity index (χ1n) is 5.72. The molecule has 17 heavy (non-hydrogen) atoms. The molecule has 88 valence electrons. The Hall–Kier alpha value is -2.03. The number of aromatic nitrogens is 1. The lowest BCUT2D eigenvalue weighted by molar-refractivity contribution is 0.311. The molecule has 3 heteroatoms. The number of nitrogens with zero attached hydrogens (tertiary/aromatic N) is 1. The summed E-state index contributed by atoms with van der Waals surface area (Å²) in [4.78, 5) is 4.06. The maximum Gasteiger partial charge on any atom is 0.119 e. The van der Waals surface area contributed by atoms with E-state index >= 15 is 0 Å². The van der Waals surface area contributed by atoms with Crippen molar-refractivity contribution in [2.75, 3.05) is 12.3 Å². The van der Waals surface area contributed by atoms with Crippen molar-refractivity contribution in [3.8, 4) is 5.75 Å². The predicted octanol–water partition coefficient (Wildman–Crippen LogP) is 2.68. The van der Waals surface area contributed by atoms with E-state index in [4.69, 9.17) is 10.5 Å². The number of nitrogen functional groups attached to an aromatic ring is 1. The lowest BCUT2D eigenvalue weighted by Crippen LogP contribution is -2.01. The van der Waals surface area contributed by atoms with Crippen molar-refractivity contribution in [2.45, 2.75) is 12.8 Å². The molecule has 3 nitrogen and oxygen atoms in total. The number of hydrogen-bond donors (Lipinski definition) is 1. The van der Waals surface area contributed by atoms with Crippen molar-refractivity contribution in [1.29, 1.82) is 0 Å². The van der Waals surface area contributed by atoms with Gasteiger partial charge in [0, 0.05) is 18.1 Å². The van der Waals surface area contributed by atoms with Gasteiger partial charge in [-0.1, -0.05) is 18.2 Å². The first-order valence-corrected chi connectivity index (χ1v) is 5.72. The van der Waals surface area contributed by atoms with E-state index in [1.54, 1.807) is 6.20 Å². The Kier molecular flexibility index (Phi) is 3.97. The normalized spacial score (nSPS) is 10.1. The second kappa shape index (κ2) is 5.89. The molecular weight excluding hydrogens is 212 g/mol. The summed E-state index contributed by atoms with van der Waals surface area (Å²) in [7, 11) is 0. The Morgan fingerprint density at radius 1 is 1.12 bits per heavy atom. The van der Waals surface area contributed by atoms with Crippen molar-refractivity contribution >= 4 is 5.69 Å². The number of nitrogens with two attached hydrogens (primary N) is 1. The average molecular weight is 228 g/mol. The number of rotatable bonds is 5. The number of pyridine rings is 1. The fraction of sp³-hybridized carbons (Fsp3) is 0.214. The van der Waals surface area contributed by atoms with Gasteiger partial charge in [-0.3, -0.25) is 4.98 Å². The zero-order chi connectivity index (χ0) is 11.9. The number of benzene rings is 1. The third kappa shape index (κ3) is 3.48. The minimum atomic E-state index is 0.693. The largest absolute Gasteiger partial charge is 0.494 e. The number of hydrogen-bond acceptors (Lipinski definition) is 3. The molecule has 0 spiro atoms. The molecule has 0 aliphatic carbocycles. The Morgan fingerprint density at radius 3 is 2.71 bits per heavy atom. The highest BCUT2D eigenvalue weighted by Gasteiger charge is 1.98. The minimum absolute atomic E-state index is 0.693. The van der Waals surface area contributed by atoms with E-state index < -0.39 is 0 Å². The van der Waals surface area contributed by atoms with Crippen LogP contribution < -0.4 is 10.5 Å². The van der Waals surface area contributed by atoms with Crippen LogP contribution in [0.4, 0.5) is 5.69 Å². The molecule has 2 N–H and O–H groups in total. The van der Waals surface area contributed by atoms with Gasteiger partial charge in [-0.2, -0.15) is 0 Å². The van der Waals surface area contributed by atoms with E-state index in [-0.39, 0.29) is 0 Å². The van der Waals surface area contributed by atoms with Crippen LogP contribution in [0.1, 0.15) is 12.0 Å². The molecule has 2 aromatic rings. The van der Waals surface area contributed by atoms with Gasteiger partial charge in [0.15, 0.2) is 0 Å². The van der Waals surface area contributed by atoms with Crippen LogP contribution in [-0.4, -0.2) is 11.6 Å². The third-order valence-electron chi connectivity index (χ3n) is 2.54. The van der Waals surface area contributed by atoms with Crippen molar-refractivity contribution in [3.63, 3.8) is 0 Å². The molecule has 0 aliphatic rings. The van der Waals surface area contributed by atoms with Gasteiger partial charge in [-0.05, 0) is 36.6 Å². The number of anilines is 1. The zero-order valence-electron chi connectivity index (χ0n) is 9.67. The smallest absolute Gasteiger partial charge is 0.119 e. The molecule has 0 fully saturated rings. The van der Waals surface area contributed by atoms with E-state index in [1.807, 2.05) is 42.6 Å². The highest BCUT2D eigenvalue weighted by Crippen LogP contribution is 2.12. The van der Waals surface area contributed by atoms with Crippen molar-refractivity contribution in [2.24, 2.45) is 0 Å². The summed E-state index contributed by atoms with van der Waals surface area (Å²) in [6.45, 7) is 0.693. The highest BCUT2D eigenvalue weighted by molar-refractivity contribution is 5.44. The fourth-order valence-electron chi connectivity index (χ4n) is 1.62. The summed E-state index contributed by atoms with van der Waals surface area (Å²) in [6.07, 6.45) is 5.36. The van der Waals surface area contributed by atoms with E-state index in [1.165, 1.54) is 0 Å². The molecule has 0 saturated heterocycles. The van der Waals surface area contributed by atoms with Gasteiger partial charge in [0.2, 0.25) is 0 Å². The van der Waals surface area contributed by atoms with E-state index in [9.17, 15) is 0 Å². The van der Waals surface area contributed by atoms with E-state index in [2.05, 4.69) is 4.98 Å². The highest BCUT2D eigenvalue weighted by atomic mass is 16.5. The summed E-state index contributed by atoms with van der Waals surface area (Å²) < 4.78 is 5.61. The molecule has 0 unspecified atom stereocenters. The van der Waals surface area contributed by atoms with Gasteiger partial charge >= 0.3 is 0 Å². The van der Waals surface area contributed by atoms with E-state index in [0.717, 1.165) is 29.8 Å². The number of ether oxygens (including phenoxy) is 1. The first kappa shape index (κ1) is 11.5. The summed E-state index contributed by atoms with van der Waals surface area (Å²) in [5.74, 6) is 0.909. The van der Waals surface area contributed by atoms with Crippen molar-refractivity contribution in [1.82, 2.24) is 4.98 Å². The average Bonchev–Trinajstić information content (AvgIpc) is 2.38. The maximum absolute atomic E-state index is 5.83. The molecule has 0 bridgehead atoms. The van der Waals surface area contributed by atoms with Crippen LogP contribution in [0.25, 0.3) is 0 Å².